The number of likely N-dealkylation sites (tertiary alicyclic amines) is 1. The number of H-pyrrole nitrogens is 1. The number of anilines is 1. The highest BCUT2D eigenvalue weighted by Gasteiger charge is 2.37. The molecule has 1 aliphatic heterocycles. The molecule has 0 aliphatic carbocycles. The molecule has 0 spiro atoms. The lowest BCUT2D eigenvalue weighted by Gasteiger charge is -2.25. The van der Waals surface area contributed by atoms with Gasteiger partial charge in [0.1, 0.15) is 0 Å². The maximum absolute atomic E-state index is 12.7. The number of hydrogen-bond donors (Lipinski definition) is 2. The molecule has 1 aliphatic rings. The second kappa shape index (κ2) is 6.83. The quantitative estimate of drug-likeness (QED) is 0.746. The molecule has 2 amide bonds. The number of rotatable bonds is 4. The average molecular weight is 363 g/mol. The van der Waals surface area contributed by atoms with Crippen molar-refractivity contribution in [2.45, 2.75) is 26.3 Å². The molecule has 1 aromatic carbocycles. The fourth-order valence-electron chi connectivity index (χ4n) is 3.51. The van der Waals surface area contributed by atoms with Gasteiger partial charge in [-0.1, -0.05) is 30.3 Å². The third kappa shape index (κ3) is 3.28. The topological polar surface area (TPSA) is 91.0 Å². The summed E-state index contributed by atoms with van der Waals surface area (Å²) < 4.78 is 0. The van der Waals surface area contributed by atoms with Crippen LogP contribution in [0.2, 0.25) is 0 Å². The van der Waals surface area contributed by atoms with Crippen LogP contribution >= 0.6 is 0 Å². The van der Waals surface area contributed by atoms with Gasteiger partial charge in [-0.25, -0.2) is 4.98 Å². The van der Waals surface area contributed by atoms with E-state index < -0.39 is 5.92 Å². The molecule has 4 rings (SSSR count). The minimum Gasteiger partial charge on any atom is -0.335 e. The number of aryl methyl sites for hydroxylation is 1. The third-order valence-corrected chi connectivity index (χ3v) is 5.08. The first-order valence-corrected chi connectivity index (χ1v) is 9.00. The highest BCUT2D eigenvalue weighted by atomic mass is 16.2. The van der Waals surface area contributed by atoms with Gasteiger partial charge in [-0.15, -0.1) is 0 Å². The zero-order chi connectivity index (χ0) is 19.0. The van der Waals surface area contributed by atoms with Gasteiger partial charge in [-0.2, -0.15) is 5.10 Å². The second-order valence-electron chi connectivity index (χ2n) is 6.94. The normalized spacial score (nSPS) is 18.1. The Morgan fingerprint density at radius 2 is 2.04 bits per heavy atom. The van der Waals surface area contributed by atoms with Gasteiger partial charge in [-0.3, -0.25) is 14.7 Å². The molecule has 1 saturated heterocycles. The predicted molar refractivity (Wildman–Crippen MR) is 102 cm³/mol. The molecule has 0 saturated carbocycles. The summed E-state index contributed by atoms with van der Waals surface area (Å²) in [5.41, 5.74) is 2.56. The Morgan fingerprint density at radius 3 is 2.81 bits per heavy atom. The van der Waals surface area contributed by atoms with E-state index in [-0.39, 0.29) is 24.3 Å². The van der Waals surface area contributed by atoms with Gasteiger partial charge in [-0.05, 0) is 31.5 Å². The van der Waals surface area contributed by atoms with Crippen LogP contribution in [0, 0.1) is 12.8 Å². The first kappa shape index (κ1) is 17.2. The Bertz CT molecular complexity index is 998. The SMILES string of the molecule is Cc1ccc2c(NC(=O)C3CC(=O)N(C(C)c4ccccc4)C3)n[nH]c2n1. The number of carbonyl (C=O) groups is 2. The largest absolute Gasteiger partial charge is 0.335 e. The number of carbonyl (C=O) groups excluding carboxylic acids is 2. The number of fused-ring (bicyclic) bond motifs is 1. The van der Waals surface area contributed by atoms with E-state index in [1.165, 1.54) is 0 Å². The van der Waals surface area contributed by atoms with Gasteiger partial charge in [0.25, 0.3) is 0 Å². The van der Waals surface area contributed by atoms with E-state index in [4.69, 9.17) is 0 Å². The van der Waals surface area contributed by atoms with E-state index in [1.807, 2.05) is 56.3 Å². The summed E-state index contributed by atoms with van der Waals surface area (Å²) in [6.07, 6.45) is 0.211. The van der Waals surface area contributed by atoms with E-state index in [9.17, 15) is 9.59 Å². The number of nitrogens with one attached hydrogen (secondary N) is 2. The monoisotopic (exact) mass is 363 g/mol. The highest BCUT2D eigenvalue weighted by Crippen LogP contribution is 2.29. The lowest BCUT2D eigenvalue weighted by Crippen LogP contribution is -2.30. The Labute approximate surface area is 156 Å². The number of hydrogen-bond acceptors (Lipinski definition) is 4. The van der Waals surface area contributed by atoms with Gasteiger partial charge in [0.2, 0.25) is 11.8 Å². The van der Waals surface area contributed by atoms with Crippen molar-refractivity contribution in [3.05, 3.63) is 53.7 Å². The molecule has 1 fully saturated rings. The molecule has 7 heteroatoms. The Kier molecular flexibility index (Phi) is 4.35. The van der Waals surface area contributed by atoms with Crippen molar-refractivity contribution < 1.29 is 9.59 Å². The predicted octanol–water partition coefficient (Wildman–Crippen LogP) is 2.81. The fraction of sp³-hybridized carbons (Fsp3) is 0.300. The van der Waals surface area contributed by atoms with E-state index in [0.29, 0.717) is 18.0 Å². The molecule has 0 bridgehead atoms. The summed E-state index contributed by atoms with van der Waals surface area (Å²) >= 11 is 0. The van der Waals surface area contributed by atoms with Crippen LogP contribution in [-0.4, -0.2) is 38.4 Å². The molecule has 2 aromatic heterocycles. The summed E-state index contributed by atoms with van der Waals surface area (Å²) in [4.78, 5) is 31.3. The van der Waals surface area contributed by atoms with Gasteiger partial charge in [0, 0.05) is 18.7 Å². The number of aromatic amines is 1. The molecule has 0 radical (unpaired) electrons. The highest BCUT2D eigenvalue weighted by molar-refractivity contribution is 6.01. The van der Waals surface area contributed by atoms with Gasteiger partial charge >= 0.3 is 0 Å². The maximum atomic E-state index is 12.7. The van der Waals surface area contributed by atoms with Crippen LogP contribution in [0.1, 0.15) is 30.6 Å². The molecule has 3 aromatic rings. The molecule has 3 heterocycles. The third-order valence-electron chi connectivity index (χ3n) is 5.08. The molecular formula is C20H21N5O2. The van der Waals surface area contributed by atoms with Crippen molar-refractivity contribution in [3.63, 3.8) is 0 Å². The maximum Gasteiger partial charge on any atom is 0.231 e. The summed E-state index contributed by atoms with van der Waals surface area (Å²) in [6.45, 7) is 4.29. The molecular weight excluding hydrogens is 342 g/mol. The van der Waals surface area contributed by atoms with Crippen LogP contribution in [0.5, 0.6) is 0 Å². The first-order valence-electron chi connectivity index (χ1n) is 9.00. The van der Waals surface area contributed by atoms with Gasteiger partial charge in [0.15, 0.2) is 11.5 Å². The number of amides is 2. The van der Waals surface area contributed by atoms with E-state index >= 15 is 0 Å². The smallest absolute Gasteiger partial charge is 0.231 e. The van der Waals surface area contributed by atoms with Crippen LogP contribution in [-0.2, 0) is 9.59 Å². The molecule has 2 N–H and O–H groups in total. The Hall–Kier alpha value is -3.22. The molecule has 2 atom stereocenters. The lowest BCUT2D eigenvalue weighted by molar-refractivity contribution is -0.129. The van der Waals surface area contributed by atoms with Crippen LogP contribution in [0.3, 0.4) is 0 Å². The zero-order valence-electron chi connectivity index (χ0n) is 15.3. The number of benzene rings is 1. The van der Waals surface area contributed by atoms with Crippen molar-refractivity contribution in [1.29, 1.82) is 0 Å². The van der Waals surface area contributed by atoms with Crippen molar-refractivity contribution in [2.24, 2.45) is 5.92 Å². The van der Waals surface area contributed by atoms with E-state index in [2.05, 4.69) is 20.5 Å². The number of nitrogens with zero attached hydrogens (tertiary/aromatic N) is 3. The van der Waals surface area contributed by atoms with Crippen LogP contribution < -0.4 is 5.32 Å². The number of pyridine rings is 1. The van der Waals surface area contributed by atoms with Crippen molar-refractivity contribution in [2.75, 3.05) is 11.9 Å². The lowest BCUT2D eigenvalue weighted by atomic mass is 10.1. The standard InChI is InChI=1S/C20H21N5O2/c1-12-8-9-16-18(21-12)23-24-19(16)22-20(27)15-10-17(26)25(11-15)13(2)14-6-4-3-5-7-14/h3-9,13,15H,10-11H2,1-2H3,(H2,21,22,23,24,27). The number of aromatic nitrogens is 3. The molecule has 2 unspecified atom stereocenters. The average Bonchev–Trinajstić information content (AvgIpc) is 3.25. The fourth-order valence-corrected chi connectivity index (χ4v) is 3.51. The summed E-state index contributed by atoms with van der Waals surface area (Å²) in [5.74, 6) is -0.144. The summed E-state index contributed by atoms with van der Waals surface area (Å²) in [6, 6.07) is 13.5. The van der Waals surface area contributed by atoms with Crippen molar-refractivity contribution >= 4 is 28.7 Å². The van der Waals surface area contributed by atoms with Gasteiger partial charge < -0.3 is 10.2 Å². The van der Waals surface area contributed by atoms with Crippen LogP contribution in [0.4, 0.5) is 5.82 Å². The minimum atomic E-state index is -0.395. The van der Waals surface area contributed by atoms with E-state index in [1.54, 1.807) is 4.90 Å². The zero-order valence-corrected chi connectivity index (χ0v) is 15.3. The van der Waals surface area contributed by atoms with Crippen LogP contribution in [0.15, 0.2) is 42.5 Å². The van der Waals surface area contributed by atoms with E-state index in [0.717, 1.165) is 16.6 Å². The molecule has 27 heavy (non-hydrogen) atoms. The van der Waals surface area contributed by atoms with Crippen LogP contribution in [0.25, 0.3) is 11.0 Å². The van der Waals surface area contributed by atoms with Crippen molar-refractivity contribution in [1.82, 2.24) is 20.1 Å². The first-order chi connectivity index (χ1) is 13.0. The molecule has 138 valence electrons. The Balaban J connectivity index is 1.47. The Morgan fingerprint density at radius 1 is 1.26 bits per heavy atom. The second-order valence-corrected chi connectivity index (χ2v) is 6.94. The molecule has 7 nitrogen and oxygen atoms in total. The summed E-state index contributed by atoms with van der Waals surface area (Å²) in [5, 5.41) is 10.6. The van der Waals surface area contributed by atoms with Gasteiger partial charge in [0.05, 0.1) is 17.3 Å². The van der Waals surface area contributed by atoms with Crippen molar-refractivity contribution in [3.8, 4) is 0 Å². The minimum absolute atomic E-state index is 0.00400. The summed E-state index contributed by atoms with van der Waals surface area (Å²) in [7, 11) is 0.